The second-order valence-corrected chi connectivity index (χ2v) is 11.5. The molecule has 0 fully saturated rings. The van der Waals surface area contributed by atoms with Crippen molar-refractivity contribution in [2.45, 2.75) is 37.5 Å². The summed E-state index contributed by atoms with van der Waals surface area (Å²) < 4.78 is 53.7. The standard InChI is InChI=1S/C26H25F2N3O3S/c1-16-4-7-18(8-5-16)26(3)24(29)31-25(2,15-35(26,33)34)20-12-17(6-10-21(20)28)13-23(32)22-11-9-19(27)14-30-22/h4-12,14H,13,15H2,1-3H3,(H2,29,31)/t25-,26+/m0/s1. The third-order valence-electron chi connectivity index (χ3n) is 6.54. The maximum absolute atomic E-state index is 15.0. The van der Waals surface area contributed by atoms with E-state index in [-0.39, 0.29) is 29.3 Å². The second-order valence-electron chi connectivity index (χ2n) is 9.21. The van der Waals surface area contributed by atoms with Crippen LogP contribution in [0.3, 0.4) is 0 Å². The zero-order valence-electron chi connectivity index (χ0n) is 19.5. The van der Waals surface area contributed by atoms with Crippen LogP contribution in [0, 0.1) is 18.6 Å². The quantitative estimate of drug-likeness (QED) is 0.537. The van der Waals surface area contributed by atoms with Crippen LogP contribution in [0.2, 0.25) is 0 Å². The number of halogens is 2. The van der Waals surface area contributed by atoms with Gasteiger partial charge >= 0.3 is 0 Å². The van der Waals surface area contributed by atoms with Crippen molar-refractivity contribution >= 4 is 21.5 Å². The van der Waals surface area contributed by atoms with Crippen LogP contribution in [-0.2, 0) is 26.5 Å². The highest BCUT2D eigenvalue weighted by molar-refractivity contribution is 7.93. The van der Waals surface area contributed by atoms with Crippen LogP contribution >= 0.6 is 0 Å². The van der Waals surface area contributed by atoms with Crippen LogP contribution in [0.4, 0.5) is 8.78 Å². The van der Waals surface area contributed by atoms with E-state index in [9.17, 15) is 22.0 Å². The summed E-state index contributed by atoms with van der Waals surface area (Å²) in [5.41, 5.74) is 6.77. The van der Waals surface area contributed by atoms with Crippen molar-refractivity contribution in [3.05, 3.63) is 100 Å². The highest BCUT2D eigenvalue weighted by Crippen LogP contribution is 2.42. The van der Waals surface area contributed by atoms with Crippen molar-refractivity contribution < 1.29 is 22.0 Å². The van der Waals surface area contributed by atoms with Gasteiger partial charge in [0.15, 0.2) is 20.4 Å². The molecule has 3 aromatic rings. The van der Waals surface area contributed by atoms with Crippen molar-refractivity contribution in [1.29, 1.82) is 0 Å². The molecule has 0 bridgehead atoms. The number of amidine groups is 1. The zero-order chi connectivity index (χ0) is 25.6. The molecule has 0 saturated heterocycles. The smallest absolute Gasteiger partial charge is 0.185 e. The lowest BCUT2D eigenvalue weighted by atomic mass is 9.90. The summed E-state index contributed by atoms with van der Waals surface area (Å²) in [5.74, 6) is -2.22. The lowest BCUT2D eigenvalue weighted by Crippen LogP contribution is -2.54. The molecule has 0 aliphatic carbocycles. The molecule has 0 spiro atoms. The number of ketones is 1. The van der Waals surface area contributed by atoms with Gasteiger partial charge in [0.05, 0.1) is 11.9 Å². The number of hydrogen-bond acceptors (Lipinski definition) is 6. The molecule has 1 aliphatic rings. The average molecular weight is 498 g/mol. The fourth-order valence-corrected chi connectivity index (χ4v) is 6.44. The minimum Gasteiger partial charge on any atom is -0.386 e. The second kappa shape index (κ2) is 8.64. The first-order valence-corrected chi connectivity index (χ1v) is 12.6. The number of benzene rings is 2. The molecule has 2 aromatic carbocycles. The largest absolute Gasteiger partial charge is 0.386 e. The van der Waals surface area contributed by atoms with E-state index in [1.165, 1.54) is 38.1 Å². The van der Waals surface area contributed by atoms with E-state index in [0.717, 1.165) is 17.8 Å². The molecular weight excluding hydrogens is 472 g/mol. The molecule has 0 unspecified atom stereocenters. The predicted octanol–water partition coefficient (Wildman–Crippen LogP) is 4.01. The van der Waals surface area contributed by atoms with Gasteiger partial charge in [0.25, 0.3) is 0 Å². The lowest BCUT2D eigenvalue weighted by molar-refractivity contribution is 0.0988. The number of aromatic nitrogens is 1. The van der Waals surface area contributed by atoms with E-state index in [1.54, 1.807) is 24.3 Å². The highest BCUT2D eigenvalue weighted by Gasteiger charge is 2.53. The molecule has 1 aromatic heterocycles. The Morgan fingerprint density at radius 3 is 2.34 bits per heavy atom. The molecule has 0 saturated carbocycles. The van der Waals surface area contributed by atoms with Crippen molar-refractivity contribution in [1.82, 2.24) is 4.98 Å². The summed E-state index contributed by atoms with van der Waals surface area (Å²) in [6, 6.07) is 13.4. The summed E-state index contributed by atoms with van der Waals surface area (Å²) >= 11 is 0. The van der Waals surface area contributed by atoms with E-state index >= 15 is 0 Å². The number of aliphatic imine (C=N–C) groups is 1. The van der Waals surface area contributed by atoms with E-state index in [0.29, 0.717) is 11.1 Å². The maximum Gasteiger partial charge on any atom is 0.185 e. The number of nitrogens with two attached hydrogens (primary N) is 1. The number of nitrogens with zero attached hydrogens (tertiary/aromatic N) is 2. The van der Waals surface area contributed by atoms with Crippen molar-refractivity contribution in [2.75, 3.05) is 5.75 Å². The first-order valence-electron chi connectivity index (χ1n) is 10.9. The monoisotopic (exact) mass is 497 g/mol. The highest BCUT2D eigenvalue weighted by atomic mass is 32.2. The summed E-state index contributed by atoms with van der Waals surface area (Å²) in [6.45, 7) is 4.91. The number of hydrogen-bond donors (Lipinski definition) is 1. The van der Waals surface area contributed by atoms with Crippen LogP contribution in [0.25, 0.3) is 0 Å². The van der Waals surface area contributed by atoms with Gasteiger partial charge in [-0.2, -0.15) is 0 Å². The van der Waals surface area contributed by atoms with Gasteiger partial charge < -0.3 is 5.73 Å². The molecule has 2 N–H and O–H groups in total. The van der Waals surface area contributed by atoms with E-state index in [2.05, 4.69) is 9.98 Å². The van der Waals surface area contributed by atoms with Gasteiger partial charge in [0.1, 0.15) is 28.7 Å². The van der Waals surface area contributed by atoms with Crippen LogP contribution in [0.1, 0.15) is 46.6 Å². The predicted molar refractivity (Wildman–Crippen MR) is 130 cm³/mol. The van der Waals surface area contributed by atoms with Gasteiger partial charge in [-0.25, -0.2) is 17.2 Å². The number of sulfone groups is 1. The number of aryl methyl sites for hydroxylation is 1. The topological polar surface area (TPSA) is 102 Å². The maximum atomic E-state index is 15.0. The van der Waals surface area contributed by atoms with Crippen LogP contribution in [0.15, 0.2) is 65.8 Å². The van der Waals surface area contributed by atoms with Crippen molar-refractivity contribution in [3.8, 4) is 0 Å². The van der Waals surface area contributed by atoms with Crippen LogP contribution in [-0.4, -0.2) is 30.8 Å². The third kappa shape index (κ3) is 4.36. The molecule has 6 nitrogen and oxygen atoms in total. The number of Topliss-reactive ketones (excluding diaryl/α,β-unsaturated/α-hetero) is 1. The minimum atomic E-state index is -3.93. The van der Waals surface area contributed by atoms with Gasteiger partial charge in [-0.05, 0) is 56.2 Å². The number of carbonyl (C=O) groups excluding carboxylic acids is 1. The van der Waals surface area contributed by atoms with Gasteiger partial charge in [0.2, 0.25) is 0 Å². The van der Waals surface area contributed by atoms with E-state index < -0.39 is 37.5 Å². The molecule has 1 aliphatic heterocycles. The SMILES string of the molecule is Cc1ccc([C@]2(C)C(N)=N[C@](C)(c3cc(CC(=O)c4ccc(F)cn4)ccc3F)CS2(=O)=O)cc1. The number of rotatable bonds is 5. The summed E-state index contributed by atoms with van der Waals surface area (Å²) in [5, 5.41) is 0. The molecule has 35 heavy (non-hydrogen) atoms. The minimum absolute atomic E-state index is 0.0207. The molecule has 0 radical (unpaired) electrons. The van der Waals surface area contributed by atoms with Gasteiger partial charge in [-0.15, -0.1) is 0 Å². The summed E-state index contributed by atoms with van der Waals surface area (Å²) in [7, 11) is -3.93. The molecule has 2 heterocycles. The summed E-state index contributed by atoms with van der Waals surface area (Å²) in [4.78, 5) is 20.9. The van der Waals surface area contributed by atoms with Crippen molar-refractivity contribution in [3.63, 3.8) is 0 Å². The van der Waals surface area contributed by atoms with Crippen molar-refractivity contribution in [2.24, 2.45) is 10.7 Å². The summed E-state index contributed by atoms with van der Waals surface area (Å²) in [6.07, 6.45) is 0.814. The zero-order valence-corrected chi connectivity index (χ0v) is 20.4. The van der Waals surface area contributed by atoms with Crippen LogP contribution < -0.4 is 5.73 Å². The molecule has 2 atom stereocenters. The van der Waals surface area contributed by atoms with E-state index in [1.807, 2.05) is 6.92 Å². The Morgan fingerprint density at radius 2 is 1.74 bits per heavy atom. The Morgan fingerprint density at radius 1 is 1.06 bits per heavy atom. The fourth-order valence-electron chi connectivity index (χ4n) is 4.33. The van der Waals surface area contributed by atoms with E-state index in [4.69, 9.17) is 5.73 Å². The molecular formula is C26H25F2N3O3S. The first kappa shape index (κ1) is 24.7. The van der Waals surface area contributed by atoms with Crippen LogP contribution in [0.5, 0.6) is 0 Å². The van der Waals surface area contributed by atoms with Gasteiger partial charge in [-0.3, -0.25) is 14.8 Å². The Bertz CT molecular complexity index is 1440. The Balaban J connectivity index is 1.73. The first-order chi connectivity index (χ1) is 16.4. The molecule has 9 heteroatoms. The molecule has 182 valence electrons. The lowest BCUT2D eigenvalue weighted by Gasteiger charge is -2.40. The molecule has 4 rings (SSSR count). The van der Waals surface area contributed by atoms with Gasteiger partial charge in [-0.1, -0.05) is 35.9 Å². The number of pyridine rings is 1. The Kier molecular flexibility index (Phi) is 6.09. The molecule has 0 amide bonds. The Labute approximate surface area is 202 Å². The third-order valence-corrected chi connectivity index (χ3v) is 9.17. The Hall–Kier alpha value is -3.46. The average Bonchev–Trinajstić information content (AvgIpc) is 2.79. The number of carbonyl (C=O) groups is 1. The fraction of sp³-hybridized carbons (Fsp3) is 0.269. The van der Waals surface area contributed by atoms with Gasteiger partial charge in [0, 0.05) is 12.0 Å². The normalized spacial score (nSPS) is 23.5.